The number of unbranched alkanes of at least 4 members (excludes halogenated alkanes) is 19. The van der Waals surface area contributed by atoms with Crippen LogP contribution in [0.5, 0.6) is 0 Å². The number of hydrogen-bond donors (Lipinski definition) is 7. The van der Waals surface area contributed by atoms with E-state index in [1.54, 1.807) is 0 Å². The summed E-state index contributed by atoms with van der Waals surface area (Å²) in [6.45, 7) is 3.43. The molecule has 422 valence electrons. The Kier molecular flexibility index (Phi) is 41.6. The highest BCUT2D eigenvalue weighted by Gasteiger charge is 2.47. The number of allylic oxidation sites excluding steroid dienone is 12. The number of esters is 1. The average Bonchev–Trinajstić information content (AvgIpc) is 3.39. The SMILES string of the molecule is CC/C=C\C/C=C\C/C=C\C/C=C\C/C=C\C/C=C\CCCOCC(COC1OC(COC2OC(CO)C(O)C(O)C2O)C(O)C(O)C1O)OC(=O)CCCCCCCCCCCCCCCCCCCCC. The van der Waals surface area contributed by atoms with E-state index in [1.807, 2.05) is 0 Å². The highest BCUT2D eigenvalue weighted by Crippen LogP contribution is 2.26. The van der Waals surface area contributed by atoms with Gasteiger partial charge in [-0.3, -0.25) is 4.79 Å². The molecule has 11 unspecified atom stereocenters. The summed E-state index contributed by atoms with van der Waals surface area (Å²) in [4.78, 5) is 13.1. The minimum atomic E-state index is -1.72. The lowest BCUT2D eigenvalue weighted by molar-refractivity contribution is -0.332. The van der Waals surface area contributed by atoms with Crippen LogP contribution in [0.25, 0.3) is 0 Å². The molecule has 14 nitrogen and oxygen atoms in total. The van der Waals surface area contributed by atoms with Gasteiger partial charge in [0.05, 0.1) is 26.4 Å². The van der Waals surface area contributed by atoms with Crippen LogP contribution in [0.4, 0.5) is 0 Å². The average molecular weight is 1040 g/mol. The molecule has 73 heavy (non-hydrogen) atoms. The zero-order chi connectivity index (χ0) is 53.0. The van der Waals surface area contributed by atoms with Crippen LogP contribution in [0.2, 0.25) is 0 Å². The van der Waals surface area contributed by atoms with E-state index in [4.69, 9.17) is 28.4 Å². The van der Waals surface area contributed by atoms with Crippen molar-refractivity contribution in [3.05, 3.63) is 72.9 Å². The molecule has 2 saturated heterocycles. The van der Waals surface area contributed by atoms with Crippen LogP contribution in [-0.4, -0.2) is 142 Å². The van der Waals surface area contributed by atoms with Crippen LogP contribution < -0.4 is 0 Å². The number of carbonyl (C=O) groups excluding carboxylic acids is 1. The minimum absolute atomic E-state index is 0.0202. The molecule has 0 radical (unpaired) electrons. The molecule has 0 aromatic rings. The van der Waals surface area contributed by atoms with E-state index in [9.17, 15) is 40.5 Å². The van der Waals surface area contributed by atoms with Crippen molar-refractivity contribution < 1.29 is 69.0 Å². The number of aliphatic hydroxyl groups is 7. The summed E-state index contributed by atoms with van der Waals surface area (Å²) >= 11 is 0. The summed E-state index contributed by atoms with van der Waals surface area (Å²) < 4.78 is 34.3. The number of carbonyl (C=O) groups is 1. The lowest BCUT2D eigenvalue weighted by Crippen LogP contribution is -2.61. The Hall–Kier alpha value is -2.57. The Labute approximate surface area is 440 Å². The Morgan fingerprint density at radius 3 is 1.34 bits per heavy atom. The van der Waals surface area contributed by atoms with Gasteiger partial charge in [0, 0.05) is 13.0 Å². The summed E-state index contributed by atoms with van der Waals surface area (Å²) in [5, 5.41) is 72.3. The van der Waals surface area contributed by atoms with Gasteiger partial charge >= 0.3 is 5.97 Å². The fourth-order valence-electron chi connectivity index (χ4n) is 8.66. The molecule has 2 fully saturated rings. The molecular formula is C59H102O14. The zero-order valence-electron chi connectivity index (χ0n) is 45.1. The Bertz CT molecular complexity index is 1480. The Morgan fingerprint density at radius 1 is 0.466 bits per heavy atom. The molecular weight excluding hydrogens is 933 g/mol. The second kappa shape index (κ2) is 45.6. The van der Waals surface area contributed by atoms with Gasteiger partial charge in [-0.05, 0) is 57.8 Å². The molecule has 0 bridgehead atoms. The maximum absolute atomic E-state index is 13.1. The molecule has 0 aliphatic carbocycles. The summed E-state index contributed by atoms with van der Waals surface area (Å²) in [5.74, 6) is -0.395. The Morgan fingerprint density at radius 2 is 0.877 bits per heavy atom. The molecule has 0 aromatic carbocycles. The maximum Gasteiger partial charge on any atom is 0.306 e. The number of hydrogen-bond acceptors (Lipinski definition) is 14. The van der Waals surface area contributed by atoms with Gasteiger partial charge in [0.1, 0.15) is 54.9 Å². The first-order valence-electron chi connectivity index (χ1n) is 28.5. The molecule has 0 aromatic heterocycles. The van der Waals surface area contributed by atoms with Gasteiger partial charge in [0.15, 0.2) is 12.6 Å². The summed E-state index contributed by atoms with van der Waals surface area (Å²) in [5.41, 5.74) is 0. The van der Waals surface area contributed by atoms with Crippen molar-refractivity contribution in [2.75, 3.05) is 33.0 Å². The van der Waals surface area contributed by atoms with Gasteiger partial charge in [0.2, 0.25) is 0 Å². The normalized spacial score (nSPS) is 25.5. The van der Waals surface area contributed by atoms with E-state index in [-0.39, 0.29) is 19.6 Å². The van der Waals surface area contributed by atoms with Gasteiger partial charge in [-0.15, -0.1) is 0 Å². The van der Waals surface area contributed by atoms with Crippen molar-refractivity contribution in [1.82, 2.24) is 0 Å². The Balaban J connectivity index is 1.76. The van der Waals surface area contributed by atoms with Gasteiger partial charge in [-0.1, -0.05) is 202 Å². The van der Waals surface area contributed by atoms with Crippen molar-refractivity contribution in [3.8, 4) is 0 Å². The zero-order valence-corrected chi connectivity index (χ0v) is 45.1. The third-order valence-corrected chi connectivity index (χ3v) is 13.2. The molecule has 11 atom stereocenters. The smallest absolute Gasteiger partial charge is 0.306 e. The first kappa shape index (κ1) is 66.5. The standard InChI is InChI=1S/C59H102O14/c1-3-5-7-9-11-13-15-17-19-21-23-25-27-29-31-33-35-37-39-41-43-68-45-48(71-51(61)42-40-38-36-34-32-30-28-26-24-22-20-18-16-14-12-10-8-6-4-2)46-69-58-57(67)55(65)53(63)50(73-58)47-70-59-56(66)54(64)52(62)49(44-60)72-59/h5,7,11,13,17,19,23,25,29,31,35,37,48-50,52-60,62-67H,3-4,6,8-10,12,14-16,18,20-22,24,26-28,30,32-34,36,38-47H2,1-2H3/b7-5-,13-11-,19-17-,25-23-,31-29-,37-35-. The molecule has 2 aliphatic rings. The van der Waals surface area contributed by atoms with Crippen molar-refractivity contribution in [2.24, 2.45) is 0 Å². The van der Waals surface area contributed by atoms with Gasteiger partial charge < -0.3 is 64.2 Å². The van der Waals surface area contributed by atoms with E-state index in [2.05, 4.69) is 86.8 Å². The van der Waals surface area contributed by atoms with E-state index < -0.39 is 86.7 Å². The van der Waals surface area contributed by atoms with Crippen LogP contribution in [0.3, 0.4) is 0 Å². The van der Waals surface area contributed by atoms with Crippen molar-refractivity contribution in [1.29, 1.82) is 0 Å². The first-order chi connectivity index (χ1) is 35.6. The molecule has 7 N–H and O–H groups in total. The monoisotopic (exact) mass is 1030 g/mol. The minimum Gasteiger partial charge on any atom is -0.457 e. The van der Waals surface area contributed by atoms with Gasteiger partial charge in [-0.25, -0.2) is 0 Å². The molecule has 2 heterocycles. The topological polar surface area (TPSA) is 214 Å². The van der Waals surface area contributed by atoms with E-state index in [0.29, 0.717) is 13.0 Å². The number of ether oxygens (including phenoxy) is 6. The third-order valence-electron chi connectivity index (χ3n) is 13.2. The largest absolute Gasteiger partial charge is 0.457 e. The van der Waals surface area contributed by atoms with Crippen LogP contribution in [0, 0.1) is 0 Å². The summed E-state index contributed by atoms with van der Waals surface area (Å²) in [6, 6.07) is 0. The lowest BCUT2D eigenvalue weighted by atomic mass is 9.98. The third kappa shape index (κ3) is 32.6. The molecule has 2 aliphatic heterocycles. The summed E-state index contributed by atoms with van der Waals surface area (Å²) in [7, 11) is 0. The second-order valence-electron chi connectivity index (χ2n) is 19.7. The molecule has 0 spiro atoms. The van der Waals surface area contributed by atoms with Crippen molar-refractivity contribution >= 4 is 5.97 Å². The van der Waals surface area contributed by atoms with Crippen LogP contribution in [0.1, 0.15) is 194 Å². The molecule has 0 saturated carbocycles. The molecule has 14 heteroatoms. The number of rotatable bonds is 45. The van der Waals surface area contributed by atoms with Crippen LogP contribution in [0.15, 0.2) is 72.9 Å². The predicted octanol–water partition coefficient (Wildman–Crippen LogP) is 9.86. The lowest BCUT2D eigenvalue weighted by Gasteiger charge is -2.42. The van der Waals surface area contributed by atoms with E-state index >= 15 is 0 Å². The maximum atomic E-state index is 13.1. The molecule has 0 amide bonds. The van der Waals surface area contributed by atoms with Crippen LogP contribution >= 0.6 is 0 Å². The van der Waals surface area contributed by atoms with Crippen LogP contribution in [-0.2, 0) is 33.2 Å². The van der Waals surface area contributed by atoms with E-state index in [0.717, 1.165) is 70.6 Å². The highest BCUT2D eigenvalue weighted by atomic mass is 16.7. The van der Waals surface area contributed by atoms with E-state index in [1.165, 1.54) is 96.3 Å². The molecule has 2 rings (SSSR count). The van der Waals surface area contributed by atoms with Crippen molar-refractivity contribution in [2.45, 2.75) is 261 Å². The first-order valence-corrected chi connectivity index (χ1v) is 28.5. The summed E-state index contributed by atoms with van der Waals surface area (Å²) in [6.07, 6.45) is 41.2. The fourth-order valence-corrected chi connectivity index (χ4v) is 8.66. The van der Waals surface area contributed by atoms with Gasteiger partial charge in [-0.2, -0.15) is 0 Å². The quantitative estimate of drug-likeness (QED) is 0.0172. The van der Waals surface area contributed by atoms with Crippen molar-refractivity contribution in [3.63, 3.8) is 0 Å². The highest BCUT2D eigenvalue weighted by molar-refractivity contribution is 5.69. The predicted molar refractivity (Wildman–Crippen MR) is 289 cm³/mol. The number of aliphatic hydroxyl groups excluding tert-OH is 7. The fraction of sp³-hybridized carbons (Fsp3) is 0.780. The second-order valence-corrected chi connectivity index (χ2v) is 19.7. The van der Waals surface area contributed by atoms with Gasteiger partial charge in [0.25, 0.3) is 0 Å².